The van der Waals surface area contributed by atoms with Crippen LogP contribution in [0, 0.1) is 5.41 Å². The third-order valence-electron chi connectivity index (χ3n) is 2.05. The molecule has 0 aliphatic heterocycles. The van der Waals surface area contributed by atoms with Gasteiger partial charge < -0.3 is 5.73 Å². The number of hydrogen-bond acceptors (Lipinski definition) is 3. The summed E-state index contributed by atoms with van der Waals surface area (Å²) < 4.78 is 0. The van der Waals surface area contributed by atoms with Gasteiger partial charge in [0.2, 0.25) is 0 Å². The zero-order chi connectivity index (χ0) is 11.1. The molecule has 0 aliphatic carbocycles. The Morgan fingerprint density at radius 3 is 2.80 bits per heavy atom. The number of aromatic nitrogens is 1. The van der Waals surface area contributed by atoms with E-state index in [1.54, 1.807) is 18.0 Å². The topological polar surface area (TPSA) is 62.8 Å². The minimum Gasteiger partial charge on any atom is -0.384 e. The van der Waals surface area contributed by atoms with Crippen molar-refractivity contribution in [3.8, 4) is 0 Å². The average Bonchev–Trinajstić information content (AvgIpc) is 2.25. The summed E-state index contributed by atoms with van der Waals surface area (Å²) in [6.07, 6.45) is 5.41. The molecule has 0 aromatic carbocycles. The van der Waals surface area contributed by atoms with E-state index in [0.29, 0.717) is 5.56 Å². The second-order valence-electron chi connectivity index (χ2n) is 3.35. The minimum absolute atomic E-state index is 0.0741. The predicted octanol–water partition coefficient (Wildman–Crippen LogP) is 2.65. The van der Waals surface area contributed by atoms with Gasteiger partial charge in [0.1, 0.15) is 5.84 Å². The Bertz CT molecular complexity index is 308. The zero-order valence-electron chi connectivity index (χ0n) is 8.99. The number of pyridine rings is 1. The molecule has 1 aromatic rings. The van der Waals surface area contributed by atoms with Crippen molar-refractivity contribution in [1.82, 2.24) is 4.98 Å². The minimum atomic E-state index is 0.0741. The van der Waals surface area contributed by atoms with Crippen molar-refractivity contribution in [3.05, 3.63) is 23.9 Å². The van der Waals surface area contributed by atoms with Gasteiger partial charge in [-0.3, -0.25) is 5.41 Å². The van der Waals surface area contributed by atoms with Crippen LogP contribution in [0.25, 0.3) is 0 Å². The van der Waals surface area contributed by atoms with E-state index in [4.69, 9.17) is 11.1 Å². The summed E-state index contributed by atoms with van der Waals surface area (Å²) in [7, 11) is 0. The van der Waals surface area contributed by atoms with Crippen LogP contribution < -0.4 is 5.73 Å². The number of nitrogens with zero attached hydrogens (tertiary/aromatic N) is 1. The average molecular weight is 223 g/mol. The lowest BCUT2D eigenvalue weighted by Gasteiger charge is -2.01. The van der Waals surface area contributed by atoms with E-state index in [2.05, 4.69) is 11.9 Å². The van der Waals surface area contributed by atoms with Gasteiger partial charge in [-0.15, -0.1) is 11.8 Å². The van der Waals surface area contributed by atoms with Crippen molar-refractivity contribution in [1.29, 1.82) is 5.41 Å². The number of thioether (sulfide) groups is 1. The van der Waals surface area contributed by atoms with Gasteiger partial charge in [0.25, 0.3) is 0 Å². The highest BCUT2D eigenvalue weighted by Gasteiger charge is 1.98. The number of hydrogen-bond donors (Lipinski definition) is 2. The summed E-state index contributed by atoms with van der Waals surface area (Å²) in [5, 5.41) is 8.24. The number of amidine groups is 1. The third-order valence-corrected chi connectivity index (χ3v) is 3.08. The van der Waals surface area contributed by atoms with Crippen LogP contribution in [0.15, 0.2) is 23.4 Å². The lowest BCUT2D eigenvalue weighted by Crippen LogP contribution is -2.11. The van der Waals surface area contributed by atoms with Crippen molar-refractivity contribution in [2.24, 2.45) is 5.73 Å². The Kier molecular flexibility index (Phi) is 5.18. The fraction of sp³-hybridized carbons (Fsp3) is 0.455. The molecule has 0 saturated carbocycles. The molecule has 0 unspecified atom stereocenters. The smallest absolute Gasteiger partial charge is 0.124 e. The maximum Gasteiger partial charge on any atom is 0.124 e. The van der Waals surface area contributed by atoms with Gasteiger partial charge in [-0.2, -0.15) is 0 Å². The molecule has 0 amide bonds. The van der Waals surface area contributed by atoms with Gasteiger partial charge in [-0.1, -0.05) is 19.8 Å². The van der Waals surface area contributed by atoms with Crippen LogP contribution in [0.5, 0.6) is 0 Å². The second-order valence-corrected chi connectivity index (χ2v) is 4.47. The Morgan fingerprint density at radius 2 is 2.27 bits per heavy atom. The number of rotatable bonds is 6. The van der Waals surface area contributed by atoms with Gasteiger partial charge in [0.15, 0.2) is 0 Å². The van der Waals surface area contributed by atoms with Crippen molar-refractivity contribution >= 4 is 17.6 Å². The third kappa shape index (κ3) is 4.34. The van der Waals surface area contributed by atoms with E-state index in [0.717, 1.165) is 10.8 Å². The normalized spacial score (nSPS) is 10.2. The molecule has 0 spiro atoms. The van der Waals surface area contributed by atoms with Gasteiger partial charge in [-0.05, 0) is 24.3 Å². The fourth-order valence-corrected chi connectivity index (χ4v) is 2.00. The predicted molar refractivity (Wildman–Crippen MR) is 65.5 cm³/mol. The number of unbranched alkanes of at least 4 members (excludes halogenated alkanes) is 2. The number of nitrogens with one attached hydrogen (secondary N) is 1. The molecule has 0 fully saturated rings. The molecule has 0 radical (unpaired) electrons. The maximum absolute atomic E-state index is 7.23. The van der Waals surface area contributed by atoms with Crippen LogP contribution in [0.2, 0.25) is 0 Å². The van der Waals surface area contributed by atoms with Gasteiger partial charge in [0.05, 0.1) is 5.03 Å². The summed E-state index contributed by atoms with van der Waals surface area (Å²) in [5.74, 6) is 1.19. The largest absolute Gasteiger partial charge is 0.384 e. The maximum atomic E-state index is 7.23. The first-order valence-electron chi connectivity index (χ1n) is 5.17. The molecule has 82 valence electrons. The van der Waals surface area contributed by atoms with Crippen molar-refractivity contribution < 1.29 is 0 Å². The van der Waals surface area contributed by atoms with Crippen molar-refractivity contribution in [2.75, 3.05) is 5.75 Å². The van der Waals surface area contributed by atoms with E-state index < -0.39 is 0 Å². The van der Waals surface area contributed by atoms with Crippen LogP contribution in [-0.4, -0.2) is 16.6 Å². The molecular weight excluding hydrogens is 206 g/mol. The van der Waals surface area contributed by atoms with Crippen LogP contribution in [-0.2, 0) is 0 Å². The number of nitrogen functional groups attached to an aromatic ring is 1. The SMILES string of the molecule is CCCCCSc1ccc(C(=N)N)cn1. The Labute approximate surface area is 95.0 Å². The summed E-state index contributed by atoms with van der Waals surface area (Å²) in [5.41, 5.74) is 6.03. The lowest BCUT2D eigenvalue weighted by molar-refractivity contribution is 0.778. The standard InChI is InChI=1S/C11H17N3S/c1-2-3-4-7-15-10-6-5-9(8-14-10)11(12)13/h5-6,8H,2-4,7H2,1H3,(H3,12,13). The van der Waals surface area contributed by atoms with E-state index >= 15 is 0 Å². The highest BCUT2D eigenvalue weighted by atomic mass is 32.2. The van der Waals surface area contributed by atoms with E-state index in [9.17, 15) is 0 Å². The van der Waals surface area contributed by atoms with Gasteiger partial charge in [0, 0.05) is 11.8 Å². The second kappa shape index (κ2) is 6.45. The first-order chi connectivity index (χ1) is 7.24. The van der Waals surface area contributed by atoms with Crippen LogP contribution in [0.4, 0.5) is 0 Å². The van der Waals surface area contributed by atoms with E-state index in [1.807, 2.05) is 12.1 Å². The monoisotopic (exact) mass is 223 g/mol. The van der Waals surface area contributed by atoms with E-state index in [-0.39, 0.29) is 5.84 Å². The fourth-order valence-electron chi connectivity index (χ4n) is 1.15. The van der Waals surface area contributed by atoms with Gasteiger partial charge >= 0.3 is 0 Å². The van der Waals surface area contributed by atoms with Crippen molar-refractivity contribution in [3.63, 3.8) is 0 Å². The van der Waals surface area contributed by atoms with Crippen LogP contribution in [0.3, 0.4) is 0 Å². The molecule has 0 bridgehead atoms. The summed E-state index contributed by atoms with van der Waals surface area (Å²) in [6, 6.07) is 3.77. The van der Waals surface area contributed by atoms with Crippen LogP contribution in [0.1, 0.15) is 31.7 Å². The molecule has 3 N–H and O–H groups in total. The molecule has 0 saturated heterocycles. The first-order valence-corrected chi connectivity index (χ1v) is 6.16. The molecule has 0 atom stereocenters. The molecule has 0 aliphatic rings. The Balaban J connectivity index is 2.39. The van der Waals surface area contributed by atoms with Crippen molar-refractivity contribution in [2.45, 2.75) is 31.2 Å². The van der Waals surface area contributed by atoms with Gasteiger partial charge in [-0.25, -0.2) is 4.98 Å². The highest BCUT2D eigenvalue weighted by Crippen LogP contribution is 2.17. The molecule has 1 aromatic heterocycles. The summed E-state index contributed by atoms with van der Waals surface area (Å²) in [6.45, 7) is 2.20. The molecular formula is C11H17N3S. The summed E-state index contributed by atoms with van der Waals surface area (Å²) >= 11 is 1.76. The molecule has 1 rings (SSSR count). The van der Waals surface area contributed by atoms with E-state index in [1.165, 1.54) is 19.3 Å². The lowest BCUT2D eigenvalue weighted by atomic mass is 10.3. The number of nitrogens with two attached hydrogens (primary N) is 1. The van der Waals surface area contributed by atoms with Crippen LogP contribution >= 0.6 is 11.8 Å². The first kappa shape index (κ1) is 12.0. The molecule has 4 heteroatoms. The molecule has 15 heavy (non-hydrogen) atoms. The summed E-state index contributed by atoms with van der Waals surface area (Å²) in [4.78, 5) is 4.24. The zero-order valence-corrected chi connectivity index (χ0v) is 9.81. The Hall–Kier alpha value is -1.03. The molecule has 3 nitrogen and oxygen atoms in total. The highest BCUT2D eigenvalue weighted by molar-refractivity contribution is 7.99. The molecule has 1 heterocycles. The Morgan fingerprint density at radius 1 is 1.47 bits per heavy atom. The quantitative estimate of drug-likeness (QED) is 0.337.